The van der Waals surface area contributed by atoms with Crippen molar-refractivity contribution in [3.63, 3.8) is 0 Å². The number of aromatic nitrogens is 2. The molecular formula is C5H7N3OS2. The second-order valence-electron chi connectivity index (χ2n) is 2.07. The van der Waals surface area contributed by atoms with Crippen LogP contribution in [0.15, 0.2) is 4.79 Å². The van der Waals surface area contributed by atoms with E-state index >= 15 is 0 Å². The first kappa shape index (κ1) is 8.35. The summed E-state index contributed by atoms with van der Waals surface area (Å²) in [5.74, 6) is 0.262. The number of rotatable bonds is 1. The summed E-state index contributed by atoms with van der Waals surface area (Å²) in [6.07, 6.45) is 0. The Morgan fingerprint density at radius 3 is 2.55 bits per heavy atom. The molecule has 6 heteroatoms. The molecule has 1 rings (SSSR count). The Kier molecular flexibility index (Phi) is 2.05. The fourth-order valence-electron chi connectivity index (χ4n) is 0.777. The Labute approximate surface area is 73.8 Å². The SMILES string of the molecule is Cn1[nH]c(N)c(C(=S)S)c1=O. The van der Waals surface area contributed by atoms with Gasteiger partial charge in [0, 0.05) is 7.05 Å². The van der Waals surface area contributed by atoms with E-state index in [1.165, 1.54) is 4.68 Å². The Balaban J connectivity index is 3.47. The number of hydrogen-bond donors (Lipinski definition) is 3. The van der Waals surface area contributed by atoms with E-state index in [1.54, 1.807) is 7.05 Å². The number of aryl methyl sites for hydroxylation is 1. The molecule has 0 fully saturated rings. The van der Waals surface area contributed by atoms with Crippen LogP contribution >= 0.6 is 24.8 Å². The second-order valence-corrected chi connectivity index (χ2v) is 3.23. The van der Waals surface area contributed by atoms with Gasteiger partial charge in [-0.1, -0.05) is 12.2 Å². The molecular weight excluding hydrogens is 182 g/mol. The van der Waals surface area contributed by atoms with Crippen molar-refractivity contribution in [2.75, 3.05) is 5.73 Å². The molecule has 0 saturated carbocycles. The minimum Gasteiger partial charge on any atom is -0.383 e. The number of thiocarbonyl (C=S) groups is 1. The van der Waals surface area contributed by atoms with Gasteiger partial charge in [0.25, 0.3) is 5.56 Å². The van der Waals surface area contributed by atoms with E-state index in [0.717, 1.165) is 0 Å². The quantitative estimate of drug-likeness (QED) is 0.427. The van der Waals surface area contributed by atoms with Crippen LogP contribution in [0, 0.1) is 0 Å². The molecule has 0 spiro atoms. The molecule has 1 aromatic heterocycles. The van der Waals surface area contributed by atoms with Crippen LogP contribution < -0.4 is 11.3 Å². The summed E-state index contributed by atoms with van der Waals surface area (Å²) in [5.41, 5.74) is 5.45. The molecule has 0 bridgehead atoms. The zero-order chi connectivity index (χ0) is 8.59. The van der Waals surface area contributed by atoms with Crippen molar-refractivity contribution in [3.8, 4) is 0 Å². The van der Waals surface area contributed by atoms with Crippen molar-refractivity contribution in [3.05, 3.63) is 15.9 Å². The van der Waals surface area contributed by atoms with Crippen LogP contribution in [-0.4, -0.2) is 14.0 Å². The van der Waals surface area contributed by atoms with Gasteiger partial charge in [-0.3, -0.25) is 14.6 Å². The van der Waals surface area contributed by atoms with E-state index < -0.39 is 0 Å². The topological polar surface area (TPSA) is 63.8 Å². The van der Waals surface area contributed by atoms with Crippen LogP contribution in [0.5, 0.6) is 0 Å². The van der Waals surface area contributed by atoms with Crippen LogP contribution in [0.2, 0.25) is 0 Å². The molecule has 11 heavy (non-hydrogen) atoms. The van der Waals surface area contributed by atoms with Gasteiger partial charge in [0.1, 0.15) is 11.4 Å². The van der Waals surface area contributed by atoms with E-state index in [1.807, 2.05) is 0 Å². The molecule has 0 aromatic carbocycles. The molecule has 0 saturated heterocycles. The summed E-state index contributed by atoms with van der Waals surface area (Å²) < 4.78 is 1.47. The zero-order valence-corrected chi connectivity index (χ0v) is 7.50. The second kappa shape index (κ2) is 2.71. The van der Waals surface area contributed by atoms with Crippen LogP contribution in [0.1, 0.15) is 5.56 Å². The minimum absolute atomic E-state index is 0.212. The van der Waals surface area contributed by atoms with Gasteiger partial charge in [0.05, 0.1) is 4.20 Å². The van der Waals surface area contributed by atoms with Crippen molar-refractivity contribution in [1.82, 2.24) is 9.78 Å². The van der Waals surface area contributed by atoms with Gasteiger partial charge in [-0.15, -0.1) is 12.6 Å². The molecule has 1 aromatic rings. The molecule has 3 N–H and O–H groups in total. The minimum atomic E-state index is -0.248. The Morgan fingerprint density at radius 1 is 1.82 bits per heavy atom. The van der Waals surface area contributed by atoms with Crippen molar-refractivity contribution >= 4 is 34.9 Å². The summed E-state index contributed by atoms with van der Waals surface area (Å²) in [5, 5.41) is 2.60. The van der Waals surface area contributed by atoms with Crippen LogP contribution in [-0.2, 0) is 7.05 Å². The number of nitrogen functional groups attached to an aromatic ring is 1. The molecule has 1 heterocycles. The average Bonchev–Trinajstić information content (AvgIpc) is 2.07. The molecule has 0 unspecified atom stereocenters. The average molecular weight is 189 g/mol. The number of nitrogens with one attached hydrogen (secondary N) is 1. The van der Waals surface area contributed by atoms with E-state index in [4.69, 9.17) is 18.0 Å². The predicted octanol–water partition coefficient (Wildman–Crippen LogP) is -0.0991. The maximum atomic E-state index is 11.1. The van der Waals surface area contributed by atoms with Crippen LogP contribution in [0.25, 0.3) is 0 Å². The van der Waals surface area contributed by atoms with E-state index in [0.29, 0.717) is 0 Å². The summed E-state index contributed by atoms with van der Waals surface area (Å²) in [6.45, 7) is 0. The molecule has 0 amide bonds. The molecule has 0 aliphatic heterocycles. The third-order valence-corrected chi connectivity index (χ3v) is 1.72. The number of nitrogens with two attached hydrogens (primary N) is 1. The van der Waals surface area contributed by atoms with E-state index in [2.05, 4.69) is 17.7 Å². The number of hydrogen-bond acceptors (Lipinski definition) is 3. The first-order valence-electron chi connectivity index (χ1n) is 2.81. The van der Waals surface area contributed by atoms with Gasteiger partial charge >= 0.3 is 0 Å². The van der Waals surface area contributed by atoms with Gasteiger partial charge in [-0.25, -0.2) is 0 Å². The smallest absolute Gasteiger partial charge is 0.277 e. The number of aromatic amines is 1. The van der Waals surface area contributed by atoms with Gasteiger partial charge in [-0.05, 0) is 0 Å². The molecule has 0 radical (unpaired) electrons. The standard InChI is InChI=1S/C5H7N3OS2/c1-8-4(9)2(5(10)11)3(6)7-8/h7H,6H2,1H3,(H,10,11). The normalized spacial score (nSPS) is 10.0. The highest BCUT2D eigenvalue weighted by Gasteiger charge is 2.11. The third kappa shape index (κ3) is 1.31. The summed E-state index contributed by atoms with van der Waals surface area (Å²) in [6, 6.07) is 0. The van der Waals surface area contributed by atoms with Crippen molar-refractivity contribution in [2.24, 2.45) is 7.05 Å². The zero-order valence-electron chi connectivity index (χ0n) is 5.79. The first-order valence-corrected chi connectivity index (χ1v) is 3.67. The number of H-pyrrole nitrogens is 1. The third-order valence-electron chi connectivity index (χ3n) is 1.29. The Bertz CT molecular complexity index is 351. The number of thiol groups is 1. The van der Waals surface area contributed by atoms with Gasteiger partial charge in [-0.2, -0.15) is 0 Å². The monoisotopic (exact) mass is 189 g/mol. The Hall–Kier alpha value is -0.750. The van der Waals surface area contributed by atoms with Crippen molar-refractivity contribution in [2.45, 2.75) is 0 Å². The molecule has 60 valence electrons. The fraction of sp³-hybridized carbons (Fsp3) is 0.200. The van der Waals surface area contributed by atoms with Crippen LogP contribution in [0.4, 0.5) is 5.82 Å². The lowest BCUT2D eigenvalue weighted by Crippen LogP contribution is -2.16. The van der Waals surface area contributed by atoms with Crippen LogP contribution in [0.3, 0.4) is 0 Å². The van der Waals surface area contributed by atoms with Crippen molar-refractivity contribution < 1.29 is 0 Å². The highest BCUT2D eigenvalue weighted by atomic mass is 32.1. The fourth-order valence-corrected chi connectivity index (χ4v) is 1.19. The molecule has 4 nitrogen and oxygen atoms in total. The number of anilines is 1. The summed E-state index contributed by atoms with van der Waals surface area (Å²) in [7, 11) is 1.56. The lowest BCUT2D eigenvalue weighted by molar-refractivity contribution is 0.743. The maximum Gasteiger partial charge on any atom is 0.277 e. The number of nitrogens with zero attached hydrogens (tertiary/aromatic N) is 1. The molecule has 0 atom stereocenters. The maximum absolute atomic E-state index is 11.1. The highest BCUT2D eigenvalue weighted by Crippen LogP contribution is 2.06. The van der Waals surface area contributed by atoms with Gasteiger partial charge in [0.2, 0.25) is 0 Å². The summed E-state index contributed by atoms with van der Waals surface area (Å²) >= 11 is 8.56. The van der Waals surface area contributed by atoms with E-state index in [-0.39, 0.29) is 21.1 Å². The molecule has 0 aliphatic rings. The van der Waals surface area contributed by atoms with Gasteiger partial charge < -0.3 is 5.73 Å². The molecule has 0 aliphatic carbocycles. The first-order chi connectivity index (χ1) is 5.04. The van der Waals surface area contributed by atoms with Crippen molar-refractivity contribution in [1.29, 1.82) is 0 Å². The highest BCUT2D eigenvalue weighted by molar-refractivity contribution is 8.11. The lowest BCUT2D eigenvalue weighted by atomic mass is 10.4. The predicted molar refractivity (Wildman–Crippen MR) is 51.1 cm³/mol. The van der Waals surface area contributed by atoms with E-state index in [9.17, 15) is 4.79 Å². The van der Waals surface area contributed by atoms with Gasteiger partial charge in [0.15, 0.2) is 0 Å². The largest absolute Gasteiger partial charge is 0.383 e. The summed E-state index contributed by atoms with van der Waals surface area (Å²) in [4.78, 5) is 11.1. The lowest BCUT2D eigenvalue weighted by Gasteiger charge is -1.88. The Morgan fingerprint density at radius 2 is 2.36 bits per heavy atom.